The molecule has 2 aromatic carbocycles. The molecule has 0 saturated carbocycles. The third kappa shape index (κ3) is 3.65. The molecule has 128 valence electrons. The largest absolute Gasteiger partial charge is 0.468 e. The minimum absolute atomic E-state index is 0.0692. The van der Waals surface area contributed by atoms with Crippen LogP contribution < -0.4 is 4.80 Å². The number of amides is 1. The predicted octanol–water partition coefficient (Wildman–Crippen LogP) is 3.58. The second-order valence-corrected chi connectivity index (χ2v) is 6.83. The summed E-state index contributed by atoms with van der Waals surface area (Å²) < 4.78 is 7.20. The van der Waals surface area contributed by atoms with Gasteiger partial charge in [-0.2, -0.15) is 4.99 Å². The molecule has 0 unspecified atom stereocenters. The summed E-state index contributed by atoms with van der Waals surface area (Å²) in [4.78, 5) is 28.8. The molecule has 0 spiro atoms. The van der Waals surface area contributed by atoms with E-state index >= 15 is 0 Å². The number of carbonyl (C=O) groups is 2. The molecule has 1 aromatic heterocycles. The lowest BCUT2D eigenvalue weighted by Crippen LogP contribution is -2.22. The van der Waals surface area contributed by atoms with E-state index in [1.165, 1.54) is 18.4 Å². The average Bonchev–Trinajstić information content (AvgIpc) is 2.93. The van der Waals surface area contributed by atoms with Crippen LogP contribution in [0.3, 0.4) is 0 Å². The van der Waals surface area contributed by atoms with E-state index in [1.807, 2.05) is 31.2 Å². The number of benzene rings is 2. The molecule has 0 N–H and O–H groups in total. The summed E-state index contributed by atoms with van der Waals surface area (Å²) in [6, 6.07) is 12.6. The van der Waals surface area contributed by atoms with E-state index in [-0.39, 0.29) is 12.5 Å². The summed E-state index contributed by atoms with van der Waals surface area (Å²) in [6.07, 6.45) is 0. The van der Waals surface area contributed by atoms with Gasteiger partial charge in [-0.1, -0.05) is 46.7 Å². The maximum Gasteiger partial charge on any atom is 0.325 e. The molecule has 3 rings (SSSR count). The molecule has 0 aliphatic rings. The number of thiazole rings is 1. The molecule has 0 bridgehead atoms. The number of aryl methyl sites for hydroxylation is 1. The third-order valence-corrected chi connectivity index (χ3v) is 5.01. The van der Waals surface area contributed by atoms with Crippen LogP contribution in [0.1, 0.15) is 15.9 Å². The van der Waals surface area contributed by atoms with Crippen molar-refractivity contribution in [2.75, 3.05) is 7.11 Å². The standard InChI is InChI=1S/C18H15ClN2O3S/c1-11-6-8-12(9-7-11)17(23)20-18-21(10-15(22)24-2)16-13(19)4-3-5-14(16)25-18/h3-9H,10H2,1-2H3. The molecule has 1 heterocycles. The lowest BCUT2D eigenvalue weighted by atomic mass is 10.1. The molecule has 7 heteroatoms. The van der Waals surface area contributed by atoms with E-state index < -0.39 is 5.97 Å². The first kappa shape index (κ1) is 17.4. The Kier molecular flexibility index (Phi) is 5.01. The maximum absolute atomic E-state index is 12.5. The quantitative estimate of drug-likeness (QED) is 0.658. The van der Waals surface area contributed by atoms with Crippen molar-refractivity contribution < 1.29 is 14.3 Å². The molecular formula is C18H15ClN2O3S. The molecule has 3 aromatic rings. The van der Waals surface area contributed by atoms with Gasteiger partial charge in [0.1, 0.15) is 6.54 Å². The van der Waals surface area contributed by atoms with E-state index in [1.54, 1.807) is 22.8 Å². The highest BCUT2D eigenvalue weighted by Gasteiger charge is 2.14. The highest BCUT2D eigenvalue weighted by molar-refractivity contribution is 7.16. The summed E-state index contributed by atoms with van der Waals surface area (Å²) >= 11 is 7.58. The highest BCUT2D eigenvalue weighted by atomic mass is 35.5. The summed E-state index contributed by atoms with van der Waals surface area (Å²) in [5, 5.41) is 0.488. The Morgan fingerprint density at radius 1 is 1.20 bits per heavy atom. The Labute approximate surface area is 153 Å². The van der Waals surface area contributed by atoms with E-state index in [2.05, 4.69) is 4.99 Å². The smallest absolute Gasteiger partial charge is 0.325 e. The number of rotatable bonds is 3. The van der Waals surface area contributed by atoms with Crippen molar-refractivity contribution in [2.24, 2.45) is 4.99 Å². The molecule has 0 atom stereocenters. The van der Waals surface area contributed by atoms with Crippen molar-refractivity contribution >= 4 is 45.0 Å². The Bertz CT molecular complexity index is 1020. The van der Waals surface area contributed by atoms with Crippen molar-refractivity contribution in [3.63, 3.8) is 0 Å². The van der Waals surface area contributed by atoms with Crippen molar-refractivity contribution in [3.8, 4) is 0 Å². The van der Waals surface area contributed by atoms with Crippen LogP contribution in [-0.2, 0) is 16.1 Å². The number of hydrogen-bond acceptors (Lipinski definition) is 4. The second kappa shape index (κ2) is 7.21. The Morgan fingerprint density at radius 2 is 1.92 bits per heavy atom. The number of para-hydroxylation sites is 1. The Balaban J connectivity index is 2.15. The molecule has 0 aliphatic carbocycles. The molecule has 1 amide bonds. The van der Waals surface area contributed by atoms with Crippen LogP contribution in [0.2, 0.25) is 5.02 Å². The van der Waals surface area contributed by atoms with E-state index in [4.69, 9.17) is 16.3 Å². The van der Waals surface area contributed by atoms with Crippen LogP contribution in [0.15, 0.2) is 47.5 Å². The van der Waals surface area contributed by atoms with E-state index in [0.717, 1.165) is 10.3 Å². The van der Waals surface area contributed by atoms with E-state index in [9.17, 15) is 9.59 Å². The van der Waals surface area contributed by atoms with Crippen molar-refractivity contribution in [1.82, 2.24) is 4.57 Å². The molecule has 0 fully saturated rings. The zero-order valence-electron chi connectivity index (χ0n) is 13.7. The number of ether oxygens (including phenoxy) is 1. The summed E-state index contributed by atoms with van der Waals surface area (Å²) in [7, 11) is 1.31. The normalized spacial score (nSPS) is 11.7. The van der Waals surface area contributed by atoms with Crippen molar-refractivity contribution in [2.45, 2.75) is 13.5 Å². The van der Waals surface area contributed by atoms with Crippen LogP contribution in [0, 0.1) is 6.92 Å². The maximum atomic E-state index is 12.5. The van der Waals surface area contributed by atoms with Gasteiger partial charge in [-0.15, -0.1) is 0 Å². The van der Waals surface area contributed by atoms with Gasteiger partial charge < -0.3 is 9.30 Å². The van der Waals surface area contributed by atoms with Crippen LogP contribution in [0.5, 0.6) is 0 Å². The molecule has 5 nitrogen and oxygen atoms in total. The van der Waals surface area contributed by atoms with Gasteiger partial charge in [-0.3, -0.25) is 9.59 Å². The number of hydrogen-bond donors (Lipinski definition) is 0. The SMILES string of the molecule is COC(=O)Cn1c(=NC(=O)c2ccc(C)cc2)sc2cccc(Cl)c21. The monoisotopic (exact) mass is 374 g/mol. The average molecular weight is 375 g/mol. The van der Waals surface area contributed by atoms with Gasteiger partial charge in [0.25, 0.3) is 5.91 Å². The van der Waals surface area contributed by atoms with Crippen LogP contribution in [0.4, 0.5) is 0 Å². The molecular weight excluding hydrogens is 360 g/mol. The number of aromatic nitrogens is 1. The number of nitrogens with zero attached hydrogens (tertiary/aromatic N) is 2. The number of halogens is 1. The summed E-state index contributed by atoms with van der Waals surface area (Å²) in [6.45, 7) is 1.88. The molecule has 0 radical (unpaired) electrons. The third-order valence-electron chi connectivity index (χ3n) is 3.66. The van der Waals surface area contributed by atoms with Gasteiger partial charge in [0.05, 0.1) is 22.3 Å². The topological polar surface area (TPSA) is 60.7 Å². The first-order valence-electron chi connectivity index (χ1n) is 7.50. The zero-order chi connectivity index (χ0) is 18.0. The van der Waals surface area contributed by atoms with Crippen molar-refractivity contribution in [3.05, 3.63) is 63.4 Å². The first-order valence-corrected chi connectivity index (χ1v) is 8.69. The fourth-order valence-corrected chi connectivity index (χ4v) is 3.75. The Morgan fingerprint density at radius 3 is 2.60 bits per heavy atom. The fraction of sp³-hybridized carbons (Fsp3) is 0.167. The molecule has 25 heavy (non-hydrogen) atoms. The van der Waals surface area contributed by atoms with Gasteiger partial charge in [-0.25, -0.2) is 0 Å². The Hall–Kier alpha value is -2.44. The minimum atomic E-state index is -0.441. The highest BCUT2D eigenvalue weighted by Crippen LogP contribution is 2.25. The van der Waals surface area contributed by atoms with Gasteiger partial charge in [0.15, 0.2) is 4.80 Å². The van der Waals surface area contributed by atoms with Gasteiger partial charge in [-0.05, 0) is 31.2 Å². The lowest BCUT2D eigenvalue weighted by Gasteiger charge is -2.04. The zero-order valence-corrected chi connectivity index (χ0v) is 15.2. The minimum Gasteiger partial charge on any atom is -0.468 e. The lowest BCUT2D eigenvalue weighted by molar-refractivity contribution is -0.141. The summed E-state index contributed by atoms with van der Waals surface area (Å²) in [5.74, 6) is -0.815. The van der Waals surface area contributed by atoms with Crippen molar-refractivity contribution in [1.29, 1.82) is 0 Å². The first-order chi connectivity index (χ1) is 12.0. The molecule has 0 saturated heterocycles. The molecule has 0 aliphatic heterocycles. The van der Waals surface area contributed by atoms with E-state index in [0.29, 0.717) is 20.9 Å². The number of carbonyl (C=O) groups excluding carboxylic acids is 2. The van der Waals surface area contributed by atoms with Gasteiger partial charge in [0.2, 0.25) is 0 Å². The number of methoxy groups -OCH3 is 1. The number of esters is 1. The number of fused-ring (bicyclic) bond motifs is 1. The second-order valence-electron chi connectivity index (χ2n) is 5.42. The predicted molar refractivity (Wildman–Crippen MR) is 97.9 cm³/mol. The van der Waals surface area contributed by atoms with Crippen LogP contribution >= 0.6 is 22.9 Å². The summed E-state index contributed by atoms with van der Waals surface area (Å²) in [5.41, 5.74) is 2.21. The van der Waals surface area contributed by atoms with Crippen LogP contribution in [0.25, 0.3) is 10.2 Å². The van der Waals surface area contributed by atoms with Crippen LogP contribution in [-0.4, -0.2) is 23.6 Å². The fourth-order valence-electron chi connectivity index (χ4n) is 2.36. The van der Waals surface area contributed by atoms with Gasteiger partial charge >= 0.3 is 5.97 Å². The van der Waals surface area contributed by atoms with Gasteiger partial charge in [0, 0.05) is 5.56 Å².